The molecule has 0 aliphatic heterocycles. The summed E-state index contributed by atoms with van der Waals surface area (Å²) in [6.45, 7) is 6.09. The smallest absolute Gasteiger partial charge is 0.141 e. The first kappa shape index (κ1) is 12.6. The highest BCUT2D eigenvalue weighted by atomic mass is 16.5. The molecule has 0 atom stereocenters. The lowest BCUT2D eigenvalue weighted by molar-refractivity contribution is 0.393. The quantitative estimate of drug-likeness (QED) is 0.712. The van der Waals surface area contributed by atoms with Crippen molar-refractivity contribution in [3.8, 4) is 11.1 Å². The average Bonchev–Trinajstić information content (AvgIpc) is 3.16. The van der Waals surface area contributed by atoms with Crippen molar-refractivity contribution in [1.82, 2.24) is 14.7 Å². The van der Waals surface area contributed by atoms with E-state index in [0.717, 1.165) is 22.5 Å². The molecule has 4 nitrogen and oxygen atoms in total. The minimum absolute atomic E-state index is 0.657. The van der Waals surface area contributed by atoms with Crippen LogP contribution in [-0.2, 0) is 7.05 Å². The molecule has 0 amide bonds. The first-order chi connectivity index (χ1) is 10.1. The fourth-order valence-corrected chi connectivity index (χ4v) is 3.22. The fraction of sp³-hybridized carbons (Fsp3) is 0.412. The molecule has 1 saturated carbocycles. The lowest BCUT2D eigenvalue weighted by Crippen LogP contribution is -1.95. The van der Waals surface area contributed by atoms with E-state index in [9.17, 15) is 0 Å². The van der Waals surface area contributed by atoms with Gasteiger partial charge in [-0.1, -0.05) is 5.16 Å². The Labute approximate surface area is 123 Å². The number of fused-ring (bicyclic) bond motifs is 1. The fourth-order valence-electron chi connectivity index (χ4n) is 3.22. The van der Waals surface area contributed by atoms with Crippen LogP contribution in [0.3, 0.4) is 0 Å². The Morgan fingerprint density at radius 3 is 2.57 bits per heavy atom. The molecule has 2 heterocycles. The number of hydrogen-bond acceptors (Lipinski definition) is 3. The molecule has 0 saturated heterocycles. The maximum Gasteiger partial charge on any atom is 0.141 e. The lowest BCUT2D eigenvalue weighted by atomic mass is 10.0. The van der Waals surface area contributed by atoms with Gasteiger partial charge < -0.3 is 9.09 Å². The van der Waals surface area contributed by atoms with Gasteiger partial charge in [0.1, 0.15) is 11.6 Å². The zero-order valence-electron chi connectivity index (χ0n) is 12.9. The summed E-state index contributed by atoms with van der Waals surface area (Å²) < 4.78 is 7.56. The molecule has 0 bridgehead atoms. The molecule has 0 radical (unpaired) electrons. The molecular formula is C17H19N3O. The summed E-state index contributed by atoms with van der Waals surface area (Å²) in [7, 11) is 2.12. The van der Waals surface area contributed by atoms with Crippen LogP contribution >= 0.6 is 0 Å². The van der Waals surface area contributed by atoms with Gasteiger partial charge >= 0.3 is 0 Å². The molecule has 0 spiro atoms. The Morgan fingerprint density at radius 2 is 1.95 bits per heavy atom. The second-order valence-corrected chi connectivity index (χ2v) is 6.16. The number of imidazole rings is 1. The maximum absolute atomic E-state index is 5.31. The highest BCUT2D eigenvalue weighted by Gasteiger charge is 2.29. The van der Waals surface area contributed by atoms with Crippen molar-refractivity contribution in [2.24, 2.45) is 7.05 Å². The van der Waals surface area contributed by atoms with E-state index >= 15 is 0 Å². The van der Waals surface area contributed by atoms with Gasteiger partial charge in [0.15, 0.2) is 0 Å². The summed E-state index contributed by atoms with van der Waals surface area (Å²) >= 11 is 0. The molecule has 0 unspecified atom stereocenters. The summed E-state index contributed by atoms with van der Waals surface area (Å²) in [4.78, 5) is 4.86. The average molecular weight is 281 g/mol. The Bertz CT molecular complexity index is 833. The van der Waals surface area contributed by atoms with E-state index in [1.807, 2.05) is 13.8 Å². The Hall–Kier alpha value is -2.10. The van der Waals surface area contributed by atoms with Crippen molar-refractivity contribution in [3.05, 3.63) is 35.0 Å². The first-order valence-corrected chi connectivity index (χ1v) is 7.46. The van der Waals surface area contributed by atoms with E-state index in [1.54, 1.807) is 0 Å². The SMILES string of the molecule is Cc1noc(C)c1-c1cc(C)c2nc(C3CC3)n(C)c2c1. The highest BCUT2D eigenvalue weighted by molar-refractivity contribution is 5.86. The monoisotopic (exact) mass is 281 g/mol. The number of hydrogen-bond donors (Lipinski definition) is 0. The van der Waals surface area contributed by atoms with Gasteiger partial charge in [0.2, 0.25) is 0 Å². The predicted octanol–water partition coefficient (Wildman–Crippen LogP) is 4.03. The molecule has 1 fully saturated rings. The number of nitrogens with zero attached hydrogens (tertiary/aromatic N) is 3. The summed E-state index contributed by atoms with van der Waals surface area (Å²) in [5.41, 5.74) is 6.75. The Kier molecular flexibility index (Phi) is 2.52. The van der Waals surface area contributed by atoms with E-state index in [1.165, 1.54) is 35.3 Å². The van der Waals surface area contributed by atoms with Crippen LogP contribution in [-0.4, -0.2) is 14.7 Å². The van der Waals surface area contributed by atoms with Crippen LogP contribution in [0.5, 0.6) is 0 Å². The largest absolute Gasteiger partial charge is 0.361 e. The van der Waals surface area contributed by atoms with E-state index in [2.05, 4.69) is 35.8 Å². The summed E-state index contributed by atoms with van der Waals surface area (Å²) in [5.74, 6) is 2.75. The Morgan fingerprint density at radius 1 is 1.19 bits per heavy atom. The predicted molar refractivity (Wildman–Crippen MR) is 82.4 cm³/mol. The van der Waals surface area contributed by atoms with Crippen molar-refractivity contribution in [2.45, 2.75) is 39.5 Å². The number of aromatic nitrogens is 3. The first-order valence-electron chi connectivity index (χ1n) is 7.46. The molecular weight excluding hydrogens is 262 g/mol. The molecule has 108 valence electrons. The van der Waals surface area contributed by atoms with Crippen LogP contribution in [0.4, 0.5) is 0 Å². The molecule has 21 heavy (non-hydrogen) atoms. The van der Waals surface area contributed by atoms with Crippen LogP contribution in [0.25, 0.3) is 22.2 Å². The molecule has 3 aromatic rings. The van der Waals surface area contributed by atoms with Crippen LogP contribution in [0.15, 0.2) is 16.7 Å². The van der Waals surface area contributed by atoms with Crippen molar-refractivity contribution in [3.63, 3.8) is 0 Å². The normalized spacial score (nSPS) is 15.0. The van der Waals surface area contributed by atoms with Gasteiger partial charge in [-0.3, -0.25) is 0 Å². The van der Waals surface area contributed by atoms with Gasteiger partial charge in [-0.2, -0.15) is 0 Å². The number of aryl methyl sites for hydroxylation is 4. The van der Waals surface area contributed by atoms with Crippen molar-refractivity contribution in [1.29, 1.82) is 0 Å². The van der Waals surface area contributed by atoms with Gasteiger partial charge in [-0.25, -0.2) is 4.98 Å². The van der Waals surface area contributed by atoms with Gasteiger partial charge in [0.25, 0.3) is 0 Å². The second kappa shape index (κ2) is 4.20. The summed E-state index contributed by atoms with van der Waals surface area (Å²) in [5, 5.41) is 4.07. The minimum Gasteiger partial charge on any atom is -0.361 e. The van der Waals surface area contributed by atoms with Crippen LogP contribution in [0, 0.1) is 20.8 Å². The molecule has 0 N–H and O–H groups in total. The second-order valence-electron chi connectivity index (χ2n) is 6.16. The van der Waals surface area contributed by atoms with Crippen molar-refractivity contribution >= 4 is 11.0 Å². The van der Waals surface area contributed by atoms with Gasteiger partial charge in [-0.15, -0.1) is 0 Å². The van der Waals surface area contributed by atoms with Crippen molar-refractivity contribution < 1.29 is 4.52 Å². The summed E-state index contributed by atoms with van der Waals surface area (Å²) in [6.07, 6.45) is 2.54. The molecule has 2 aromatic heterocycles. The molecule has 4 rings (SSSR count). The van der Waals surface area contributed by atoms with Crippen LogP contribution in [0.1, 0.15) is 41.6 Å². The van der Waals surface area contributed by atoms with E-state index in [4.69, 9.17) is 9.51 Å². The van der Waals surface area contributed by atoms with Crippen LogP contribution < -0.4 is 0 Å². The highest BCUT2D eigenvalue weighted by Crippen LogP contribution is 2.41. The van der Waals surface area contributed by atoms with Crippen molar-refractivity contribution in [2.75, 3.05) is 0 Å². The number of benzene rings is 1. The molecule has 1 aliphatic carbocycles. The van der Waals surface area contributed by atoms with Crippen LogP contribution in [0.2, 0.25) is 0 Å². The molecule has 4 heteroatoms. The third kappa shape index (κ3) is 1.82. The third-order valence-electron chi connectivity index (χ3n) is 4.48. The van der Waals surface area contributed by atoms with Gasteiger partial charge in [-0.05, 0) is 56.9 Å². The van der Waals surface area contributed by atoms with E-state index < -0.39 is 0 Å². The van der Waals surface area contributed by atoms with Gasteiger partial charge in [0, 0.05) is 18.5 Å². The number of rotatable bonds is 2. The Balaban J connectivity index is 1.98. The zero-order valence-corrected chi connectivity index (χ0v) is 12.9. The minimum atomic E-state index is 0.657. The topological polar surface area (TPSA) is 43.9 Å². The maximum atomic E-state index is 5.31. The third-order valence-corrected chi connectivity index (χ3v) is 4.48. The van der Waals surface area contributed by atoms with Gasteiger partial charge in [0.05, 0.1) is 16.7 Å². The molecule has 1 aromatic carbocycles. The van der Waals surface area contributed by atoms with E-state index in [0.29, 0.717) is 5.92 Å². The molecule has 1 aliphatic rings. The summed E-state index contributed by atoms with van der Waals surface area (Å²) in [6, 6.07) is 4.41. The lowest BCUT2D eigenvalue weighted by Gasteiger charge is -2.05. The van der Waals surface area contributed by atoms with E-state index in [-0.39, 0.29) is 0 Å². The zero-order chi connectivity index (χ0) is 14.7. The standard InChI is InChI=1S/C17H19N3O/c1-9-7-13(15-10(2)19-21-11(15)3)8-14-16(9)18-17(20(14)4)12-5-6-12/h7-8,12H,5-6H2,1-4H3.